The molecule has 0 amide bonds. The Kier molecular flexibility index (Phi) is 4.29. The minimum absolute atomic E-state index is 0.277. The van der Waals surface area contributed by atoms with E-state index in [0.717, 1.165) is 11.4 Å². The first-order chi connectivity index (χ1) is 10.7. The predicted molar refractivity (Wildman–Crippen MR) is 84.6 cm³/mol. The van der Waals surface area contributed by atoms with Crippen molar-refractivity contribution < 1.29 is 0 Å². The Balaban J connectivity index is 1.59. The van der Waals surface area contributed by atoms with E-state index in [0.29, 0.717) is 6.54 Å². The van der Waals surface area contributed by atoms with Crippen molar-refractivity contribution >= 4 is 0 Å². The molecule has 3 rings (SSSR count). The summed E-state index contributed by atoms with van der Waals surface area (Å²) < 4.78 is 3.75. The highest BCUT2D eigenvalue weighted by atomic mass is 15.4. The fourth-order valence-electron chi connectivity index (χ4n) is 2.27. The van der Waals surface area contributed by atoms with Gasteiger partial charge in [0.1, 0.15) is 0 Å². The molecule has 0 aliphatic heterocycles. The zero-order valence-electron chi connectivity index (χ0n) is 12.8. The minimum atomic E-state index is 0.277. The lowest BCUT2D eigenvalue weighted by Gasteiger charge is -2.21. The summed E-state index contributed by atoms with van der Waals surface area (Å²) in [6.45, 7) is 4.97. The van der Waals surface area contributed by atoms with Gasteiger partial charge in [-0.1, -0.05) is 23.4 Å². The molecule has 0 saturated heterocycles. The molecule has 0 aliphatic carbocycles. The molecule has 1 aromatic carbocycles. The summed E-state index contributed by atoms with van der Waals surface area (Å²) in [4.78, 5) is 0. The van der Waals surface area contributed by atoms with E-state index >= 15 is 0 Å². The maximum atomic E-state index is 4.28. The van der Waals surface area contributed by atoms with E-state index in [1.54, 1.807) is 10.9 Å². The second-order valence-corrected chi connectivity index (χ2v) is 5.39. The average molecular weight is 296 g/mol. The van der Waals surface area contributed by atoms with Gasteiger partial charge >= 0.3 is 0 Å². The molecule has 0 saturated carbocycles. The summed E-state index contributed by atoms with van der Waals surface area (Å²) in [7, 11) is 0. The van der Waals surface area contributed by atoms with Gasteiger partial charge in [0.25, 0.3) is 0 Å². The van der Waals surface area contributed by atoms with Crippen LogP contribution >= 0.6 is 0 Å². The molecule has 0 aliphatic rings. The first-order valence-corrected chi connectivity index (χ1v) is 7.43. The Morgan fingerprint density at radius 1 is 1.14 bits per heavy atom. The van der Waals surface area contributed by atoms with Crippen molar-refractivity contribution in [3.8, 4) is 5.69 Å². The molecule has 0 fully saturated rings. The van der Waals surface area contributed by atoms with Gasteiger partial charge in [-0.15, -0.1) is 5.10 Å². The van der Waals surface area contributed by atoms with E-state index in [1.165, 1.54) is 0 Å². The summed E-state index contributed by atoms with van der Waals surface area (Å²) in [6.07, 6.45) is 5.73. The molecule has 6 nitrogen and oxygen atoms in total. The number of hydrogen-bond acceptors (Lipinski definition) is 4. The largest absolute Gasteiger partial charge is 0.306 e. The van der Waals surface area contributed by atoms with Crippen LogP contribution in [-0.4, -0.2) is 30.8 Å². The van der Waals surface area contributed by atoms with Crippen LogP contribution in [0.5, 0.6) is 0 Å². The lowest BCUT2D eigenvalue weighted by Crippen LogP contribution is -2.33. The Bertz CT molecular complexity index is 689. The first kappa shape index (κ1) is 14.5. The van der Waals surface area contributed by atoms with Crippen molar-refractivity contribution in [1.29, 1.82) is 0 Å². The number of para-hydroxylation sites is 1. The molecule has 0 bridgehead atoms. The zero-order chi connectivity index (χ0) is 15.4. The molecule has 3 aromatic rings. The van der Waals surface area contributed by atoms with E-state index in [1.807, 2.05) is 53.5 Å². The van der Waals surface area contributed by atoms with E-state index in [4.69, 9.17) is 0 Å². The van der Waals surface area contributed by atoms with Crippen LogP contribution in [0.15, 0.2) is 55.0 Å². The topological polar surface area (TPSA) is 60.6 Å². The summed E-state index contributed by atoms with van der Waals surface area (Å²) in [6, 6.07) is 12.5. The quantitative estimate of drug-likeness (QED) is 0.757. The van der Waals surface area contributed by atoms with Crippen LogP contribution in [0.3, 0.4) is 0 Å². The molecule has 22 heavy (non-hydrogen) atoms. The third kappa shape index (κ3) is 3.23. The summed E-state index contributed by atoms with van der Waals surface area (Å²) in [5.74, 6) is 0. The van der Waals surface area contributed by atoms with Gasteiger partial charge in [-0.3, -0.25) is 4.68 Å². The molecule has 2 aromatic heterocycles. The third-order valence-corrected chi connectivity index (χ3v) is 3.83. The third-order valence-electron chi connectivity index (χ3n) is 3.83. The van der Waals surface area contributed by atoms with Gasteiger partial charge in [0.05, 0.1) is 23.6 Å². The molecule has 0 radical (unpaired) electrons. The van der Waals surface area contributed by atoms with Gasteiger partial charge in [0.2, 0.25) is 0 Å². The summed E-state index contributed by atoms with van der Waals surface area (Å²) in [5.41, 5.74) is 1.93. The van der Waals surface area contributed by atoms with Crippen LogP contribution in [-0.2, 0) is 6.54 Å². The normalized spacial score (nSPS) is 13.9. The monoisotopic (exact) mass is 296 g/mol. The van der Waals surface area contributed by atoms with E-state index in [9.17, 15) is 0 Å². The lowest BCUT2D eigenvalue weighted by molar-refractivity contribution is 0.363. The van der Waals surface area contributed by atoms with Gasteiger partial charge in [0, 0.05) is 25.0 Å². The average Bonchev–Trinajstić information content (AvgIpc) is 3.24. The van der Waals surface area contributed by atoms with Crippen LogP contribution in [0.25, 0.3) is 5.69 Å². The second kappa shape index (κ2) is 6.53. The molecule has 0 spiro atoms. The Labute approximate surface area is 129 Å². The summed E-state index contributed by atoms with van der Waals surface area (Å²) in [5, 5.41) is 16.1. The van der Waals surface area contributed by atoms with E-state index < -0.39 is 0 Å². The number of nitrogens with zero attached hydrogens (tertiary/aromatic N) is 5. The maximum absolute atomic E-state index is 4.28. The van der Waals surface area contributed by atoms with Crippen molar-refractivity contribution in [1.82, 2.24) is 30.1 Å². The molecular formula is C16H20N6. The summed E-state index contributed by atoms with van der Waals surface area (Å²) >= 11 is 0. The van der Waals surface area contributed by atoms with Crippen LogP contribution in [0.4, 0.5) is 0 Å². The highest BCUT2D eigenvalue weighted by Gasteiger charge is 2.14. The Hall–Kier alpha value is -2.47. The predicted octanol–water partition coefficient (Wildman–Crippen LogP) is 2.20. The van der Waals surface area contributed by atoms with Crippen molar-refractivity contribution in [3.05, 3.63) is 60.7 Å². The fourth-order valence-corrected chi connectivity index (χ4v) is 2.27. The fraction of sp³-hybridized carbons (Fsp3) is 0.312. The number of rotatable bonds is 6. The van der Waals surface area contributed by atoms with Crippen LogP contribution < -0.4 is 5.32 Å². The van der Waals surface area contributed by atoms with Crippen molar-refractivity contribution in [3.63, 3.8) is 0 Å². The number of benzene rings is 1. The zero-order valence-corrected chi connectivity index (χ0v) is 12.8. The van der Waals surface area contributed by atoms with Gasteiger partial charge in [-0.05, 0) is 32.0 Å². The maximum Gasteiger partial charge on any atom is 0.0969 e. The van der Waals surface area contributed by atoms with Crippen LogP contribution in [0, 0.1) is 0 Å². The molecule has 114 valence electrons. The number of nitrogens with one attached hydrogen (secondary N) is 1. The SMILES string of the molecule is C[C@H](NCc1cn(-c2ccccc2)nn1)[C@@H](C)n1cccn1. The molecule has 6 heteroatoms. The molecule has 2 heterocycles. The lowest BCUT2D eigenvalue weighted by atomic mass is 10.1. The van der Waals surface area contributed by atoms with Gasteiger partial charge in [-0.2, -0.15) is 5.10 Å². The Morgan fingerprint density at radius 3 is 2.68 bits per heavy atom. The first-order valence-electron chi connectivity index (χ1n) is 7.43. The standard InChI is InChI=1S/C16H20N6/c1-13(14(2)21-10-6-9-18-21)17-11-15-12-22(20-19-15)16-7-4-3-5-8-16/h3-10,12-14,17H,11H2,1-2H3/t13-,14+/m0/s1. The smallest absolute Gasteiger partial charge is 0.0969 e. The highest BCUT2D eigenvalue weighted by Crippen LogP contribution is 2.10. The highest BCUT2D eigenvalue weighted by molar-refractivity contribution is 5.29. The molecule has 2 atom stereocenters. The van der Waals surface area contributed by atoms with Crippen molar-refractivity contribution in [2.75, 3.05) is 0 Å². The Morgan fingerprint density at radius 2 is 1.95 bits per heavy atom. The number of hydrogen-bond donors (Lipinski definition) is 1. The van der Waals surface area contributed by atoms with Gasteiger partial charge in [0.15, 0.2) is 0 Å². The van der Waals surface area contributed by atoms with E-state index in [-0.39, 0.29) is 12.1 Å². The molecule has 0 unspecified atom stereocenters. The molecular weight excluding hydrogens is 276 g/mol. The van der Waals surface area contributed by atoms with Crippen molar-refractivity contribution in [2.24, 2.45) is 0 Å². The van der Waals surface area contributed by atoms with Crippen LogP contribution in [0.1, 0.15) is 25.6 Å². The van der Waals surface area contributed by atoms with Gasteiger partial charge < -0.3 is 5.32 Å². The minimum Gasteiger partial charge on any atom is -0.306 e. The van der Waals surface area contributed by atoms with Crippen LogP contribution in [0.2, 0.25) is 0 Å². The second-order valence-electron chi connectivity index (χ2n) is 5.39. The van der Waals surface area contributed by atoms with Crippen molar-refractivity contribution in [2.45, 2.75) is 32.5 Å². The number of aromatic nitrogens is 5. The van der Waals surface area contributed by atoms with E-state index in [2.05, 4.69) is 34.6 Å². The molecule has 1 N–H and O–H groups in total. The van der Waals surface area contributed by atoms with Gasteiger partial charge in [-0.25, -0.2) is 4.68 Å².